The normalized spacial score (nSPS) is 14.2. The van der Waals surface area contributed by atoms with Crippen LogP contribution in [-0.2, 0) is 20.9 Å². The van der Waals surface area contributed by atoms with E-state index >= 15 is 0 Å². The topological polar surface area (TPSA) is 83.6 Å². The molecule has 0 bridgehead atoms. The lowest BCUT2D eigenvalue weighted by atomic mass is 10.1. The van der Waals surface area contributed by atoms with E-state index in [1.165, 1.54) is 6.08 Å². The molecule has 0 aliphatic carbocycles. The van der Waals surface area contributed by atoms with Crippen molar-refractivity contribution in [1.82, 2.24) is 9.88 Å². The molecule has 1 fully saturated rings. The van der Waals surface area contributed by atoms with Gasteiger partial charge in [-0.25, -0.2) is 4.98 Å². The summed E-state index contributed by atoms with van der Waals surface area (Å²) in [6.07, 6.45) is 1.61. The van der Waals surface area contributed by atoms with Crippen LogP contribution in [0.3, 0.4) is 0 Å². The molecule has 152 valence electrons. The van der Waals surface area contributed by atoms with Crippen molar-refractivity contribution in [1.29, 1.82) is 0 Å². The van der Waals surface area contributed by atoms with E-state index in [1.54, 1.807) is 6.92 Å². The Bertz CT molecular complexity index is 891. The average molecular weight is 394 g/mol. The van der Waals surface area contributed by atoms with Crippen molar-refractivity contribution in [2.45, 2.75) is 19.9 Å². The van der Waals surface area contributed by atoms with Crippen LogP contribution in [0.1, 0.15) is 18.9 Å². The zero-order valence-electron chi connectivity index (χ0n) is 16.6. The van der Waals surface area contributed by atoms with Crippen LogP contribution in [0.2, 0.25) is 0 Å². The van der Waals surface area contributed by atoms with E-state index in [2.05, 4.69) is 27.1 Å². The van der Waals surface area contributed by atoms with E-state index in [0.29, 0.717) is 17.9 Å². The molecule has 0 saturated carbocycles. The number of carbonyl (C=O) groups excluding carboxylic acids is 2. The molecule has 1 aliphatic rings. The van der Waals surface area contributed by atoms with Gasteiger partial charge in [0, 0.05) is 37.3 Å². The number of pyridine rings is 1. The molecular formula is C22H26N4O3. The van der Waals surface area contributed by atoms with Gasteiger partial charge in [-0.2, -0.15) is 0 Å². The van der Waals surface area contributed by atoms with Gasteiger partial charge < -0.3 is 15.4 Å². The molecular weight excluding hydrogens is 368 g/mol. The summed E-state index contributed by atoms with van der Waals surface area (Å²) in [5, 5.41) is 5.62. The van der Waals surface area contributed by atoms with Gasteiger partial charge in [-0.3, -0.25) is 14.5 Å². The standard InChI is InChI=1S/C22H26N4O3/c1-3-21(27)23-18-7-5-6-17(14-18)19-12-16(15-26-8-10-29-11-9-26)13-20(24-19)25-22(28)4-2/h3,5-7,12-14H,1,4,8-11,15H2,2H3,(H,23,27)(H,24,25,28). The SMILES string of the molecule is C=CC(=O)Nc1cccc(-c2cc(CN3CCOCC3)cc(NC(=O)CC)n2)c1. The molecule has 2 heterocycles. The van der Waals surface area contributed by atoms with Gasteiger partial charge >= 0.3 is 0 Å². The Balaban J connectivity index is 1.91. The largest absolute Gasteiger partial charge is 0.379 e. The molecule has 0 spiro atoms. The van der Waals surface area contributed by atoms with Crippen molar-refractivity contribution in [3.8, 4) is 11.3 Å². The Hall–Kier alpha value is -3.03. The molecule has 3 rings (SSSR count). The van der Waals surface area contributed by atoms with Gasteiger partial charge in [-0.15, -0.1) is 0 Å². The van der Waals surface area contributed by atoms with Crippen LogP contribution < -0.4 is 10.6 Å². The minimum absolute atomic E-state index is 0.0843. The first-order chi connectivity index (χ1) is 14.1. The lowest BCUT2D eigenvalue weighted by molar-refractivity contribution is -0.116. The van der Waals surface area contributed by atoms with Crippen LogP contribution in [0.4, 0.5) is 11.5 Å². The van der Waals surface area contributed by atoms with Gasteiger partial charge in [-0.05, 0) is 35.9 Å². The van der Waals surface area contributed by atoms with Crippen molar-refractivity contribution in [3.63, 3.8) is 0 Å². The van der Waals surface area contributed by atoms with E-state index in [9.17, 15) is 9.59 Å². The fourth-order valence-corrected chi connectivity index (χ4v) is 3.09. The molecule has 0 radical (unpaired) electrons. The zero-order chi connectivity index (χ0) is 20.6. The number of aromatic nitrogens is 1. The molecule has 1 aromatic heterocycles. The van der Waals surface area contributed by atoms with Crippen molar-refractivity contribution >= 4 is 23.3 Å². The predicted molar refractivity (Wildman–Crippen MR) is 114 cm³/mol. The maximum Gasteiger partial charge on any atom is 0.247 e. The second kappa shape index (κ2) is 9.95. The Morgan fingerprint density at radius 3 is 2.72 bits per heavy atom. The van der Waals surface area contributed by atoms with E-state index in [4.69, 9.17) is 4.74 Å². The second-order valence-electron chi connectivity index (χ2n) is 6.81. The third-order valence-electron chi connectivity index (χ3n) is 4.59. The first-order valence-corrected chi connectivity index (χ1v) is 9.72. The second-order valence-corrected chi connectivity index (χ2v) is 6.81. The lowest BCUT2D eigenvalue weighted by Crippen LogP contribution is -2.35. The lowest BCUT2D eigenvalue weighted by Gasteiger charge is -2.26. The Labute approximate surface area is 170 Å². The fraction of sp³-hybridized carbons (Fsp3) is 0.318. The maximum absolute atomic E-state index is 11.9. The molecule has 2 N–H and O–H groups in total. The molecule has 0 atom stereocenters. The van der Waals surface area contributed by atoms with Crippen LogP contribution in [0, 0.1) is 0 Å². The van der Waals surface area contributed by atoms with E-state index in [-0.39, 0.29) is 11.8 Å². The van der Waals surface area contributed by atoms with Crippen LogP contribution in [0.5, 0.6) is 0 Å². The van der Waals surface area contributed by atoms with E-state index < -0.39 is 0 Å². The first-order valence-electron chi connectivity index (χ1n) is 9.72. The van der Waals surface area contributed by atoms with Crippen molar-refractivity contribution < 1.29 is 14.3 Å². The van der Waals surface area contributed by atoms with E-state index in [1.807, 2.05) is 36.4 Å². The molecule has 29 heavy (non-hydrogen) atoms. The van der Waals surface area contributed by atoms with Crippen LogP contribution in [0.15, 0.2) is 49.1 Å². The van der Waals surface area contributed by atoms with Gasteiger partial charge in [0.15, 0.2) is 0 Å². The molecule has 0 unspecified atom stereocenters. The van der Waals surface area contributed by atoms with Gasteiger partial charge in [0.1, 0.15) is 5.82 Å². The Morgan fingerprint density at radius 2 is 2.00 bits per heavy atom. The summed E-state index contributed by atoms with van der Waals surface area (Å²) in [5.74, 6) is 0.171. The average Bonchev–Trinajstić information content (AvgIpc) is 2.74. The van der Waals surface area contributed by atoms with Gasteiger partial charge in [0.25, 0.3) is 0 Å². The van der Waals surface area contributed by atoms with Crippen LogP contribution in [0.25, 0.3) is 11.3 Å². The number of anilines is 2. The number of hydrogen-bond acceptors (Lipinski definition) is 5. The molecule has 1 saturated heterocycles. The summed E-state index contributed by atoms with van der Waals surface area (Å²) >= 11 is 0. The number of benzene rings is 1. The molecule has 2 aromatic rings. The number of hydrogen-bond donors (Lipinski definition) is 2. The molecule has 7 heteroatoms. The Morgan fingerprint density at radius 1 is 1.21 bits per heavy atom. The molecule has 1 aromatic carbocycles. The van der Waals surface area contributed by atoms with Gasteiger partial charge in [0.05, 0.1) is 18.9 Å². The Kier molecular flexibility index (Phi) is 7.10. The highest BCUT2D eigenvalue weighted by atomic mass is 16.5. The third kappa shape index (κ3) is 5.97. The number of amides is 2. The number of morpholine rings is 1. The summed E-state index contributed by atoms with van der Waals surface area (Å²) in [6, 6.07) is 11.4. The summed E-state index contributed by atoms with van der Waals surface area (Å²) in [7, 11) is 0. The predicted octanol–water partition coefficient (Wildman–Crippen LogP) is 3.05. The van der Waals surface area contributed by atoms with Crippen LogP contribution >= 0.6 is 0 Å². The summed E-state index contributed by atoms with van der Waals surface area (Å²) in [6.45, 7) is 9.22. The number of nitrogens with one attached hydrogen (secondary N) is 2. The van der Waals surface area contributed by atoms with Crippen LogP contribution in [-0.4, -0.2) is 48.0 Å². The summed E-state index contributed by atoms with van der Waals surface area (Å²) < 4.78 is 5.42. The number of ether oxygens (including phenoxy) is 1. The third-order valence-corrected chi connectivity index (χ3v) is 4.59. The highest BCUT2D eigenvalue weighted by Crippen LogP contribution is 2.25. The summed E-state index contributed by atoms with van der Waals surface area (Å²) in [4.78, 5) is 30.4. The number of rotatable bonds is 7. The fourth-order valence-electron chi connectivity index (χ4n) is 3.09. The summed E-state index contributed by atoms with van der Waals surface area (Å²) in [5.41, 5.74) is 3.30. The molecule has 1 aliphatic heterocycles. The highest BCUT2D eigenvalue weighted by molar-refractivity contribution is 5.99. The zero-order valence-corrected chi connectivity index (χ0v) is 16.6. The van der Waals surface area contributed by atoms with Crippen molar-refractivity contribution in [2.75, 3.05) is 36.9 Å². The maximum atomic E-state index is 11.9. The monoisotopic (exact) mass is 394 g/mol. The minimum Gasteiger partial charge on any atom is -0.379 e. The smallest absolute Gasteiger partial charge is 0.247 e. The van der Waals surface area contributed by atoms with Crippen molar-refractivity contribution in [2.24, 2.45) is 0 Å². The van der Waals surface area contributed by atoms with Gasteiger partial charge in [0.2, 0.25) is 11.8 Å². The van der Waals surface area contributed by atoms with E-state index in [0.717, 1.165) is 49.7 Å². The van der Waals surface area contributed by atoms with Gasteiger partial charge in [-0.1, -0.05) is 25.6 Å². The quantitative estimate of drug-likeness (QED) is 0.705. The first kappa shape index (κ1) is 20.7. The highest BCUT2D eigenvalue weighted by Gasteiger charge is 2.14. The number of carbonyl (C=O) groups is 2. The van der Waals surface area contributed by atoms with Crippen molar-refractivity contribution in [3.05, 3.63) is 54.6 Å². The minimum atomic E-state index is -0.271. The molecule has 2 amide bonds. The molecule has 7 nitrogen and oxygen atoms in total. The number of nitrogens with zero attached hydrogens (tertiary/aromatic N) is 2.